The van der Waals surface area contributed by atoms with E-state index in [4.69, 9.17) is 9.72 Å². The minimum absolute atomic E-state index is 0.00715. The standard InChI is InChI=1S/C26H25FN4O3S/c1-34-22-5-3-2-4-18(22)16-28-24(32)17-10-13-30(14-11-17)26-29-21-12-15-35-23(21)25(33)31(26)20-8-6-19(27)7-9-20/h2-9,12,15,17H,10-11,13-14,16H2,1H3,(H,28,32). The van der Waals surface area contributed by atoms with Crippen LogP contribution in [0.1, 0.15) is 18.4 Å². The third-order valence-electron chi connectivity index (χ3n) is 6.34. The molecule has 0 atom stereocenters. The van der Waals surface area contributed by atoms with Crippen LogP contribution in [-0.2, 0) is 11.3 Å². The van der Waals surface area contributed by atoms with Crippen LogP contribution in [-0.4, -0.2) is 35.7 Å². The van der Waals surface area contributed by atoms with E-state index in [0.717, 1.165) is 11.3 Å². The van der Waals surface area contributed by atoms with E-state index in [2.05, 4.69) is 5.32 Å². The number of methoxy groups -OCH3 is 1. The summed E-state index contributed by atoms with van der Waals surface area (Å²) in [7, 11) is 1.61. The van der Waals surface area contributed by atoms with Gasteiger partial charge in [0.15, 0.2) is 0 Å². The fourth-order valence-corrected chi connectivity index (χ4v) is 5.21. The van der Waals surface area contributed by atoms with E-state index in [1.807, 2.05) is 40.6 Å². The van der Waals surface area contributed by atoms with Crippen molar-refractivity contribution < 1.29 is 13.9 Å². The van der Waals surface area contributed by atoms with Crippen molar-refractivity contribution >= 4 is 33.4 Å². The predicted molar refractivity (Wildman–Crippen MR) is 135 cm³/mol. The highest BCUT2D eigenvalue weighted by atomic mass is 32.1. The van der Waals surface area contributed by atoms with Crippen molar-refractivity contribution in [2.75, 3.05) is 25.1 Å². The molecule has 4 aromatic rings. The van der Waals surface area contributed by atoms with Gasteiger partial charge in [-0.2, -0.15) is 0 Å². The van der Waals surface area contributed by atoms with Gasteiger partial charge in [-0.1, -0.05) is 18.2 Å². The largest absolute Gasteiger partial charge is 0.496 e. The fraction of sp³-hybridized carbons (Fsp3) is 0.269. The molecule has 0 radical (unpaired) electrons. The van der Waals surface area contributed by atoms with Crippen molar-refractivity contribution in [3.05, 3.63) is 81.7 Å². The van der Waals surface area contributed by atoms with Crippen LogP contribution in [0.5, 0.6) is 5.75 Å². The molecule has 1 fully saturated rings. The molecule has 2 aromatic heterocycles. The summed E-state index contributed by atoms with van der Waals surface area (Å²) >= 11 is 1.34. The summed E-state index contributed by atoms with van der Waals surface area (Å²) in [6.45, 7) is 1.57. The second-order valence-corrected chi connectivity index (χ2v) is 9.37. The van der Waals surface area contributed by atoms with Gasteiger partial charge in [0.2, 0.25) is 11.9 Å². The number of amides is 1. The third kappa shape index (κ3) is 4.64. The Bertz CT molecular complexity index is 1410. The Hall–Kier alpha value is -3.72. The number of carbonyl (C=O) groups excluding carboxylic acids is 1. The summed E-state index contributed by atoms with van der Waals surface area (Å²) in [5, 5.41) is 4.87. The first-order valence-corrected chi connectivity index (χ1v) is 12.3. The Kier molecular flexibility index (Phi) is 6.50. The molecule has 7 nitrogen and oxygen atoms in total. The van der Waals surface area contributed by atoms with Crippen molar-refractivity contribution in [1.29, 1.82) is 0 Å². The number of nitrogens with zero attached hydrogens (tertiary/aromatic N) is 3. The van der Waals surface area contributed by atoms with E-state index in [1.54, 1.807) is 23.8 Å². The lowest BCUT2D eigenvalue weighted by molar-refractivity contribution is -0.125. The Morgan fingerprint density at radius 1 is 1.14 bits per heavy atom. The molecule has 0 bridgehead atoms. The first-order chi connectivity index (χ1) is 17.0. The lowest BCUT2D eigenvalue weighted by atomic mass is 9.96. The van der Waals surface area contributed by atoms with Gasteiger partial charge >= 0.3 is 0 Å². The molecular formula is C26H25FN4O3S. The molecule has 0 unspecified atom stereocenters. The predicted octanol–water partition coefficient (Wildman–Crippen LogP) is 4.13. The number of hydrogen-bond acceptors (Lipinski definition) is 6. The SMILES string of the molecule is COc1ccccc1CNC(=O)C1CCN(c2nc3ccsc3c(=O)n2-c2ccc(F)cc2)CC1. The Balaban J connectivity index is 1.33. The zero-order valence-electron chi connectivity index (χ0n) is 19.2. The van der Waals surface area contributed by atoms with E-state index in [9.17, 15) is 14.0 Å². The van der Waals surface area contributed by atoms with Gasteiger partial charge < -0.3 is 15.0 Å². The molecule has 1 aliphatic heterocycles. The van der Waals surface area contributed by atoms with Gasteiger partial charge in [0.25, 0.3) is 5.56 Å². The lowest BCUT2D eigenvalue weighted by Gasteiger charge is -2.33. The zero-order chi connectivity index (χ0) is 24.4. The fourth-order valence-electron chi connectivity index (χ4n) is 4.45. The zero-order valence-corrected chi connectivity index (χ0v) is 20.1. The summed E-state index contributed by atoms with van der Waals surface area (Å²) < 4.78 is 21.0. The van der Waals surface area contributed by atoms with Crippen LogP contribution in [0, 0.1) is 11.7 Å². The van der Waals surface area contributed by atoms with Gasteiger partial charge in [0, 0.05) is 31.1 Å². The highest BCUT2D eigenvalue weighted by Crippen LogP contribution is 2.27. The molecule has 180 valence electrons. The maximum absolute atomic E-state index is 13.5. The van der Waals surface area contributed by atoms with Crippen molar-refractivity contribution in [2.24, 2.45) is 5.92 Å². The number of ether oxygens (including phenoxy) is 1. The molecule has 5 rings (SSSR count). The highest BCUT2D eigenvalue weighted by molar-refractivity contribution is 7.17. The normalized spacial score (nSPS) is 14.3. The van der Waals surface area contributed by atoms with Gasteiger partial charge in [0.05, 0.1) is 18.3 Å². The first kappa shape index (κ1) is 23.0. The Morgan fingerprint density at radius 2 is 1.89 bits per heavy atom. The number of rotatable bonds is 6. The summed E-state index contributed by atoms with van der Waals surface area (Å²) in [5.74, 6) is 0.773. The topological polar surface area (TPSA) is 76.5 Å². The highest BCUT2D eigenvalue weighted by Gasteiger charge is 2.28. The van der Waals surface area contributed by atoms with Gasteiger partial charge in [-0.25, -0.2) is 13.9 Å². The van der Waals surface area contributed by atoms with Gasteiger partial charge in [-0.15, -0.1) is 11.3 Å². The second-order valence-electron chi connectivity index (χ2n) is 8.45. The monoisotopic (exact) mass is 492 g/mol. The molecule has 1 saturated heterocycles. The van der Waals surface area contributed by atoms with Crippen molar-refractivity contribution in [1.82, 2.24) is 14.9 Å². The summed E-state index contributed by atoms with van der Waals surface area (Å²) in [4.78, 5) is 33.0. The molecule has 35 heavy (non-hydrogen) atoms. The average molecular weight is 493 g/mol. The number of hydrogen-bond donors (Lipinski definition) is 1. The van der Waals surface area contributed by atoms with Crippen LogP contribution in [0.2, 0.25) is 0 Å². The molecule has 0 saturated carbocycles. The number of carbonyl (C=O) groups is 1. The van der Waals surface area contributed by atoms with Crippen LogP contribution in [0.3, 0.4) is 0 Å². The lowest BCUT2D eigenvalue weighted by Crippen LogP contribution is -2.42. The number of aromatic nitrogens is 2. The molecule has 9 heteroatoms. The van der Waals surface area contributed by atoms with Crippen molar-refractivity contribution in [3.63, 3.8) is 0 Å². The third-order valence-corrected chi connectivity index (χ3v) is 7.23. The van der Waals surface area contributed by atoms with Gasteiger partial charge in [-0.3, -0.25) is 9.59 Å². The van der Waals surface area contributed by atoms with Crippen LogP contribution in [0.25, 0.3) is 15.9 Å². The average Bonchev–Trinajstić information content (AvgIpc) is 3.37. The number of nitrogens with one attached hydrogen (secondary N) is 1. The number of halogens is 1. The van der Waals surface area contributed by atoms with Crippen LogP contribution >= 0.6 is 11.3 Å². The summed E-state index contributed by atoms with van der Waals surface area (Å²) in [6.07, 6.45) is 1.28. The molecule has 1 amide bonds. The number of para-hydroxylation sites is 1. The number of benzene rings is 2. The molecule has 0 spiro atoms. The molecular weight excluding hydrogens is 467 g/mol. The van der Waals surface area contributed by atoms with Gasteiger partial charge in [-0.05, 0) is 54.6 Å². The quantitative estimate of drug-likeness (QED) is 0.438. The van der Waals surface area contributed by atoms with E-state index in [1.165, 1.54) is 23.5 Å². The molecule has 1 N–H and O–H groups in total. The Labute approximate surface area is 205 Å². The number of piperidine rings is 1. The number of anilines is 1. The number of thiophene rings is 1. The van der Waals surface area contributed by atoms with Crippen LogP contribution < -0.4 is 20.5 Å². The van der Waals surface area contributed by atoms with E-state index >= 15 is 0 Å². The molecule has 2 aromatic carbocycles. The first-order valence-electron chi connectivity index (χ1n) is 11.5. The molecule has 3 heterocycles. The second kappa shape index (κ2) is 9.87. The van der Waals surface area contributed by atoms with Crippen molar-refractivity contribution in [2.45, 2.75) is 19.4 Å². The van der Waals surface area contributed by atoms with Crippen LogP contribution in [0.15, 0.2) is 64.8 Å². The van der Waals surface area contributed by atoms with E-state index in [-0.39, 0.29) is 23.2 Å². The minimum Gasteiger partial charge on any atom is -0.496 e. The summed E-state index contributed by atoms with van der Waals surface area (Å²) in [6, 6.07) is 15.3. The smallest absolute Gasteiger partial charge is 0.277 e. The Morgan fingerprint density at radius 3 is 2.63 bits per heavy atom. The van der Waals surface area contributed by atoms with Crippen LogP contribution in [0.4, 0.5) is 10.3 Å². The van der Waals surface area contributed by atoms with E-state index in [0.29, 0.717) is 54.3 Å². The molecule has 0 aliphatic carbocycles. The van der Waals surface area contributed by atoms with Crippen molar-refractivity contribution in [3.8, 4) is 11.4 Å². The minimum atomic E-state index is -0.367. The number of fused-ring (bicyclic) bond motifs is 1. The molecule has 1 aliphatic rings. The summed E-state index contributed by atoms with van der Waals surface area (Å²) in [5.41, 5.74) is 1.96. The maximum Gasteiger partial charge on any atom is 0.277 e. The van der Waals surface area contributed by atoms with Gasteiger partial charge in [0.1, 0.15) is 16.3 Å². The maximum atomic E-state index is 13.5. The van der Waals surface area contributed by atoms with E-state index < -0.39 is 0 Å².